The van der Waals surface area contributed by atoms with Gasteiger partial charge in [-0.3, -0.25) is 14.2 Å². The maximum absolute atomic E-state index is 11.2. The van der Waals surface area contributed by atoms with Crippen molar-refractivity contribution in [1.82, 2.24) is 0 Å². The van der Waals surface area contributed by atoms with Crippen LogP contribution in [0.25, 0.3) is 0 Å². The second kappa shape index (κ2) is 5.15. The van der Waals surface area contributed by atoms with Gasteiger partial charge in [0.05, 0.1) is 0 Å². The van der Waals surface area contributed by atoms with E-state index in [1.165, 1.54) is 0 Å². The number of carbonyl (C=O) groups is 1. The summed E-state index contributed by atoms with van der Waals surface area (Å²) >= 11 is 0. The van der Waals surface area contributed by atoms with Gasteiger partial charge in [-0.05, 0) is 12.8 Å². The molecule has 0 amide bonds. The summed E-state index contributed by atoms with van der Waals surface area (Å²) in [4.78, 5) is 21.4. The molecule has 0 aliphatic heterocycles. The first kappa shape index (κ1) is 11.4. The maximum Gasteiger partial charge on any atom is 0.232 e. The van der Waals surface area contributed by atoms with Crippen LogP contribution in [0.3, 0.4) is 0 Å². The van der Waals surface area contributed by atoms with Crippen LogP contribution in [0.1, 0.15) is 33.1 Å². The fraction of sp³-hybridized carbons (Fsp3) is 0.750. The Bertz CT molecular complexity index is 185. The third kappa shape index (κ3) is 2.21. The first-order valence-electron chi connectivity index (χ1n) is 3.89. The zero-order valence-corrected chi connectivity index (χ0v) is 8.19. The second-order valence-electron chi connectivity index (χ2n) is 2.70. The van der Waals surface area contributed by atoms with Gasteiger partial charge in [0.2, 0.25) is 14.0 Å². The van der Waals surface area contributed by atoms with Crippen molar-refractivity contribution in [2.24, 2.45) is 5.41 Å². The van der Waals surface area contributed by atoms with Gasteiger partial charge >= 0.3 is 0 Å². The minimum absolute atomic E-state index is 0.0497. The minimum Gasteiger partial charge on any atom is -0.291 e. The Balaban J connectivity index is 4.66. The van der Waals surface area contributed by atoms with Crippen LogP contribution < -0.4 is 0 Å². The van der Waals surface area contributed by atoms with E-state index in [1.54, 1.807) is 6.29 Å². The fourth-order valence-corrected chi connectivity index (χ4v) is 1.70. The van der Waals surface area contributed by atoms with Crippen molar-refractivity contribution in [3.05, 3.63) is 0 Å². The van der Waals surface area contributed by atoms with Crippen LogP contribution in [-0.2, 0) is 14.2 Å². The summed E-state index contributed by atoms with van der Waals surface area (Å²) in [6.07, 6.45) is 2.83. The van der Waals surface area contributed by atoms with Crippen LogP contribution >= 0.6 is 8.46 Å². The van der Waals surface area contributed by atoms with Crippen LogP contribution in [0, 0.1) is 5.41 Å². The number of hydrogen-bond acceptors (Lipinski definition) is 3. The van der Waals surface area contributed by atoms with Gasteiger partial charge in [-0.25, -0.2) is 0 Å². The Morgan fingerprint density at radius 1 is 1.42 bits per heavy atom. The molecule has 0 atom stereocenters. The van der Waals surface area contributed by atoms with Gasteiger partial charge in [-0.1, -0.05) is 13.8 Å². The highest BCUT2D eigenvalue weighted by Gasteiger charge is 2.34. The molecule has 0 spiro atoms. The van der Waals surface area contributed by atoms with Crippen LogP contribution in [-0.4, -0.2) is 11.8 Å². The highest BCUT2D eigenvalue weighted by atomic mass is 31.1. The molecule has 0 aliphatic rings. The van der Waals surface area contributed by atoms with Crippen LogP contribution in [0.5, 0.6) is 0 Å². The summed E-state index contributed by atoms with van der Waals surface area (Å²) in [5.74, 6) is 0. The van der Waals surface area contributed by atoms with E-state index < -0.39 is 19.4 Å². The van der Waals surface area contributed by atoms with Gasteiger partial charge in [0.15, 0.2) is 6.29 Å². The van der Waals surface area contributed by atoms with Crippen molar-refractivity contribution in [3.63, 3.8) is 0 Å². The molecule has 67 valence electrons. The zero-order valence-electron chi connectivity index (χ0n) is 7.29. The van der Waals surface area contributed by atoms with Crippen molar-refractivity contribution < 1.29 is 14.2 Å². The standard InChI is InChI=1S/C8H12O3P/c1-3-8(4-2,5-6-9)7(10)12-11/h3-5H2,1-2H3. The summed E-state index contributed by atoms with van der Waals surface area (Å²) in [5, 5.41) is 0. The largest absolute Gasteiger partial charge is 0.291 e. The van der Waals surface area contributed by atoms with E-state index in [-0.39, 0.29) is 6.42 Å². The number of carbonyl (C=O) groups excluding carboxylic acids is 2. The summed E-state index contributed by atoms with van der Waals surface area (Å²) in [6.45, 7) is 3.62. The smallest absolute Gasteiger partial charge is 0.232 e. The van der Waals surface area contributed by atoms with Crippen LogP contribution in [0.4, 0.5) is 0 Å². The summed E-state index contributed by atoms with van der Waals surface area (Å²) in [7, 11) is -0.504. The van der Waals surface area contributed by atoms with Gasteiger partial charge in [0, 0.05) is 11.8 Å². The SMILES string of the molecule is CCC(CC)(C[C]=O)C(=O)P=O. The topological polar surface area (TPSA) is 51.2 Å². The van der Waals surface area contributed by atoms with Crippen LogP contribution in [0.15, 0.2) is 0 Å². The lowest BCUT2D eigenvalue weighted by molar-refractivity contribution is -0.120. The monoisotopic (exact) mass is 187 g/mol. The highest BCUT2D eigenvalue weighted by molar-refractivity contribution is 7.46. The van der Waals surface area contributed by atoms with Crippen molar-refractivity contribution in [2.45, 2.75) is 33.1 Å². The second-order valence-corrected chi connectivity index (χ2v) is 3.29. The normalized spacial score (nSPS) is 11.5. The molecule has 3 nitrogen and oxygen atoms in total. The lowest BCUT2D eigenvalue weighted by Gasteiger charge is -2.23. The molecular formula is C8H12O3P. The third-order valence-corrected chi connectivity index (χ3v) is 2.94. The van der Waals surface area contributed by atoms with E-state index >= 15 is 0 Å². The molecule has 0 rings (SSSR count). The van der Waals surface area contributed by atoms with E-state index in [0.717, 1.165) is 0 Å². The molecule has 1 radical (unpaired) electrons. The third-order valence-electron chi connectivity index (χ3n) is 2.30. The Labute approximate surface area is 73.7 Å². The van der Waals surface area contributed by atoms with Crippen molar-refractivity contribution in [1.29, 1.82) is 0 Å². The number of hydrogen-bond donors (Lipinski definition) is 0. The van der Waals surface area contributed by atoms with Gasteiger partial charge in [0.25, 0.3) is 0 Å². The van der Waals surface area contributed by atoms with E-state index in [4.69, 9.17) is 0 Å². The predicted molar refractivity (Wildman–Crippen MR) is 45.9 cm³/mol. The average molecular weight is 187 g/mol. The molecule has 0 unspecified atom stereocenters. The molecule has 0 heterocycles. The molecule has 0 saturated heterocycles. The Morgan fingerprint density at radius 2 is 1.92 bits per heavy atom. The molecular weight excluding hydrogens is 175 g/mol. The molecule has 0 bridgehead atoms. The average Bonchev–Trinajstić information content (AvgIpc) is 2.13. The van der Waals surface area contributed by atoms with Gasteiger partial charge in [-0.15, -0.1) is 0 Å². The predicted octanol–water partition coefficient (Wildman–Crippen LogP) is 2.11. The summed E-state index contributed by atoms with van der Waals surface area (Å²) in [6, 6.07) is 0. The van der Waals surface area contributed by atoms with Gasteiger partial charge in [-0.2, -0.15) is 0 Å². The molecule has 4 heteroatoms. The molecule has 0 aromatic carbocycles. The van der Waals surface area contributed by atoms with Crippen molar-refractivity contribution in [3.8, 4) is 0 Å². The maximum atomic E-state index is 11.2. The van der Waals surface area contributed by atoms with E-state index in [9.17, 15) is 14.2 Å². The molecule has 0 aliphatic carbocycles. The quantitative estimate of drug-likeness (QED) is 0.598. The van der Waals surface area contributed by atoms with Crippen molar-refractivity contribution >= 4 is 20.3 Å². The minimum atomic E-state index is -0.745. The molecule has 0 N–H and O–H groups in total. The lowest BCUT2D eigenvalue weighted by atomic mass is 9.81. The zero-order chi connectivity index (χ0) is 9.61. The first-order valence-corrected chi connectivity index (χ1v) is 4.71. The first-order chi connectivity index (χ1) is 5.66. The Morgan fingerprint density at radius 3 is 2.17 bits per heavy atom. The van der Waals surface area contributed by atoms with Gasteiger partial charge in [0.1, 0.15) is 0 Å². The van der Waals surface area contributed by atoms with Gasteiger partial charge < -0.3 is 0 Å². The van der Waals surface area contributed by atoms with E-state index in [1.807, 2.05) is 13.8 Å². The Hall–Kier alpha value is -0.560. The summed E-state index contributed by atoms with van der Waals surface area (Å²) in [5.41, 5.74) is -1.14. The fourth-order valence-electron chi connectivity index (χ4n) is 1.11. The summed E-state index contributed by atoms with van der Waals surface area (Å²) < 4.78 is 10.4. The van der Waals surface area contributed by atoms with Crippen molar-refractivity contribution in [2.75, 3.05) is 0 Å². The molecule has 0 fully saturated rings. The lowest BCUT2D eigenvalue weighted by Crippen LogP contribution is -2.26. The van der Waals surface area contributed by atoms with E-state index in [2.05, 4.69) is 0 Å². The molecule has 0 saturated carbocycles. The number of rotatable bonds is 6. The van der Waals surface area contributed by atoms with Crippen LogP contribution in [0.2, 0.25) is 0 Å². The molecule has 12 heavy (non-hydrogen) atoms. The van der Waals surface area contributed by atoms with E-state index in [0.29, 0.717) is 12.8 Å². The molecule has 0 aromatic rings. The Kier molecular flexibility index (Phi) is 4.91. The highest BCUT2D eigenvalue weighted by Crippen LogP contribution is 2.34. The molecule has 0 aromatic heterocycles.